The monoisotopic (exact) mass is 534 g/mol. The number of hydrogen-bond donors (Lipinski definition) is 2. The van der Waals surface area contributed by atoms with Crippen LogP contribution >= 0.6 is 0 Å². The molecule has 0 radical (unpaired) electrons. The van der Waals surface area contributed by atoms with E-state index in [1.54, 1.807) is 0 Å². The molecule has 3 aromatic rings. The van der Waals surface area contributed by atoms with Gasteiger partial charge in [-0.2, -0.15) is 0 Å². The Bertz CT molecular complexity index is 1380. The van der Waals surface area contributed by atoms with Crippen molar-refractivity contribution in [1.29, 1.82) is 0 Å². The number of nitrogens with one attached hydrogen (secondary N) is 2. The van der Waals surface area contributed by atoms with Gasteiger partial charge in [-0.1, -0.05) is 53.4 Å². The maximum absolute atomic E-state index is 5.18. The zero-order valence-electron chi connectivity index (χ0n) is 22.5. The average molecular weight is 535 g/mol. The summed E-state index contributed by atoms with van der Waals surface area (Å²) in [5.41, 5.74) is 14.1. The molecule has 0 aliphatic carbocycles. The first-order chi connectivity index (χ1) is 17.7. The molecule has 0 saturated carbocycles. The average Bonchev–Trinajstić information content (AvgIpc) is 3.69. The molecule has 2 aliphatic rings. The van der Waals surface area contributed by atoms with Crippen LogP contribution in [-0.4, -0.2) is 19.9 Å². The third kappa shape index (κ3) is 5.39. The van der Waals surface area contributed by atoms with E-state index in [-0.39, 0.29) is 17.1 Å². The van der Waals surface area contributed by atoms with E-state index in [0.717, 1.165) is 74.1 Å². The Labute approximate surface area is 231 Å². The van der Waals surface area contributed by atoms with E-state index in [1.807, 2.05) is 0 Å². The van der Waals surface area contributed by atoms with Crippen LogP contribution in [0.5, 0.6) is 0 Å². The first-order valence-corrected chi connectivity index (χ1v) is 13.8. The molecule has 3 aromatic heterocycles. The van der Waals surface area contributed by atoms with Gasteiger partial charge >= 0.3 is 0 Å². The van der Waals surface area contributed by atoms with Gasteiger partial charge in [0.2, 0.25) is 0 Å². The van der Waals surface area contributed by atoms with Crippen LogP contribution in [-0.2, 0) is 42.8 Å². The third-order valence-electron chi connectivity index (χ3n) is 7.19. The fourth-order valence-corrected chi connectivity index (χ4v) is 5.49. The zero-order valence-corrected chi connectivity index (χ0v) is 23.6. The molecule has 4 nitrogen and oxygen atoms in total. The van der Waals surface area contributed by atoms with E-state index in [4.69, 9.17) is 9.97 Å². The summed E-state index contributed by atoms with van der Waals surface area (Å²) in [6.45, 7) is 8.96. The number of fused-ring (bicyclic) bond motifs is 8. The molecule has 0 fully saturated rings. The number of hydrogen-bond acceptors (Lipinski definition) is 2. The Hall–Kier alpha value is -2.88. The first-order valence-electron chi connectivity index (χ1n) is 13.8. The van der Waals surface area contributed by atoms with Gasteiger partial charge in [0.15, 0.2) is 0 Å². The number of H-pyrrole nitrogens is 2. The van der Waals surface area contributed by atoms with Crippen LogP contribution in [0.15, 0.2) is 24.3 Å². The van der Waals surface area contributed by atoms with E-state index >= 15 is 0 Å². The van der Waals surface area contributed by atoms with Crippen LogP contribution in [0.2, 0.25) is 0 Å². The fourth-order valence-electron chi connectivity index (χ4n) is 5.49. The Morgan fingerprint density at radius 2 is 0.757 bits per heavy atom. The standard InChI is InChI=1S/C32H38N4.Fe/c1-5-9-21-25-13-15-27(33-25)22(10-6-2)29-17-19-31(35-29)24(12-8-4)32-20-18-30(36-32)23(11-7-3)28-16-14-26(21)34-28;/h13-20,33-34H,5-12H2,1-4H3;. The van der Waals surface area contributed by atoms with E-state index < -0.39 is 0 Å². The molecule has 0 saturated heterocycles. The Morgan fingerprint density at radius 3 is 1.14 bits per heavy atom. The van der Waals surface area contributed by atoms with Crippen molar-refractivity contribution in [2.45, 2.75) is 79.1 Å². The Balaban J connectivity index is 0.00000320. The maximum Gasteiger partial charge on any atom is 0.0691 e. The van der Waals surface area contributed by atoms with Crippen molar-refractivity contribution >= 4 is 46.4 Å². The summed E-state index contributed by atoms with van der Waals surface area (Å²) in [5, 5.41) is 0. The quantitative estimate of drug-likeness (QED) is 0.196. The Kier molecular flexibility index (Phi) is 8.89. The van der Waals surface area contributed by atoms with Crippen LogP contribution < -0.4 is 0 Å². The van der Waals surface area contributed by atoms with Crippen LogP contribution in [0.1, 0.15) is 98.4 Å². The minimum atomic E-state index is 0. The van der Waals surface area contributed by atoms with Crippen molar-refractivity contribution in [2.24, 2.45) is 0 Å². The number of nitrogens with zero attached hydrogens (tertiary/aromatic N) is 2. The van der Waals surface area contributed by atoms with Crippen molar-refractivity contribution in [1.82, 2.24) is 19.9 Å². The van der Waals surface area contributed by atoms with Crippen LogP contribution in [0.3, 0.4) is 0 Å². The molecule has 0 amide bonds. The largest absolute Gasteiger partial charge is 0.355 e. The number of aromatic nitrogens is 4. The molecule has 194 valence electrons. The third-order valence-corrected chi connectivity index (χ3v) is 7.19. The van der Waals surface area contributed by atoms with Crippen molar-refractivity contribution in [3.63, 3.8) is 0 Å². The van der Waals surface area contributed by atoms with Gasteiger partial charge in [-0.15, -0.1) is 0 Å². The first kappa shape index (κ1) is 27.2. The summed E-state index contributed by atoms with van der Waals surface area (Å²) < 4.78 is 0. The van der Waals surface area contributed by atoms with E-state index in [2.05, 4.69) is 86.2 Å². The second kappa shape index (κ2) is 12.1. The molecular weight excluding hydrogens is 496 g/mol. The fraction of sp³-hybridized carbons (Fsp3) is 0.375. The van der Waals surface area contributed by atoms with Crippen molar-refractivity contribution in [2.75, 3.05) is 0 Å². The molecule has 8 bridgehead atoms. The molecule has 0 aromatic carbocycles. The number of aromatic amines is 2. The number of aryl methyl sites for hydroxylation is 3. The minimum absolute atomic E-state index is 0. The van der Waals surface area contributed by atoms with Gasteiger partial charge in [0.25, 0.3) is 0 Å². The maximum atomic E-state index is 5.18. The van der Waals surface area contributed by atoms with E-state index in [0.29, 0.717) is 0 Å². The Morgan fingerprint density at radius 1 is 0.459 bits per heavy atom. The summed E-state index contributed by atoms with van der Waals surface area (Å²) in [4.78, 5) is 17.9. The SMILES string of the molecule is CCCc1c2nc(c(CCC)c3ccc([nH]3)c(CCC)c3ccc([nH]3)c(CCC)c3nc1C=C3)C=C2.[Fe]. The predicted molar refractivity (Wildman–Crippen MR) is 155 cm³/mol. The van der Waals surface area contributed by atoms with Crippen LogP contribution in [0.25, 0.3) is 46.4 Å². The number of rotatable bonds is 8. The van der Waals surface area contributed by atoms with Gasteiger partial charge < -0.3 is 9.97 Å². The summed E-state index contributed by atoms with van der Waals surface area (Å²) >= 11 is 0. The molecular formula is C32H38FeN4. The van der Waals surface area contributed by atoms with Crippen LogP contribution in [0, 0.1) is 0 Å². The second-order valence-electron chi connectivity index (χ2n) is 9.92. The van der Waals surface area contributed by atoms with Crippen molar-refractivity contribution in [3.8, 4) is 0 Å². The summed E-state index contributed by atoms with van der Waals surface area (Å²) in [6, 6.07) is 8.97. The van der Waals surface area contributed by atoms with Crippen LogP contribution in [0.4, 0.5) is 0 Å². The molecule has 0 spiro atoms. The summed E-state index contributed by atoms with van der Waals surface area (Å²) in [7, 11) is 0. The van der Waals surface area contributed by atoms with Gasteiger partial charge in [-0.05, 0) is 79.8 Å². The predicted octanol–water partition coefficient (Wildman–Crippen LogP) is 8.46. The molecule has 0 atom stereocenters. The van der Waals surface area contributed by atoms with E-state index in [1.165, 1.54) is 44.3 Å². The molecule has 2 N–H and O–H groups in total. The molecule has 5 heteroatoms. The van der Waals surface area contributed by atoms with Crippen molar-refractivity contribution < 1.29 is 17.1 Å². The topological polar surface area (TPSA) is 57.4 Å². The zero-order chi connectivity index (χ0) is 25.1. The molecule has 5 rings (SSSR count). The molecule has 37 heavy (non-hydrogen) atoms. The van der Waals surface area contributed by atoms with Gasteiger partial charge in [-0.3, -0.25) is 0 Å². The van der Waals surface area contributed by atoms with Gasteiger partial charge in [0, 0.05) is 55.8 Å². The smallest absolute Gasteiger partial charge is 0.0691 e. The van der Waals surface area contributed by atoms with Gasteiger partial charge in [0.1, 0.15) is 0 Å². The van der Waals surface area contributed by atoms with Crippen molar-refractivity contribution in [3.05, 3.63) is 69.3 Å². The second-order valence-corrected chi connectivity index (χ2v) is 9.92. The summed E-state index contributed by atoms with van der Waals surface area (Å²) in [5.74, 6) is 0. The summed E-state index contributed by atoms with van der Waals surface area (Å²) in [6.07, 6.45) is 17.0. The van der Waals surface area contributed by atoms with Gasteiger partial charge in [-0.25, -0.2) is 9.97 Å². The molecule has 2 aliphatic heterocycles. The van der Waals surface area contributed by atoms with E-state index in [9.17, 15) is 0 Å². The minimum Gasteiger partial charge on any atom is -0.355 e. The van der Waals surface area contributed by atoms with Gasteiger partial charge in [0.05, 0.1) is 22.8 Å². The molecule has 5 heterocycles. The molecule has 0 unspecified atom stereocenters. The normalized spacial score (nSPS) is 12.2.